The zero-order valence-corrected chi connectivity index (χ0v) is 11.5. The molecule has 0 aliphatic rings. The third-order valence-electron chi connectivity index (χ3n) is 2.21. The Hall–Kier alpha value is -0.980. The standard InChI is InChI=1S/C10H11BrClN5/c1-2-13-6-10-14-15-16-17(10)7-3-4-8(11)9(12)5-7/h3-5,13H,2,6H2,1H3. The molecule has 0 spiro atoms. The first kappa shape index (κ1) is 12.5. The molecule has 0 saturated heterocycles. The summed E-state index contributed by atoms with van der Waals surface area (Å²) in [6.07, 6.45) is 0. The zero-order valence-electron chi connectivity index (χ0n) is 9.19. The zero-order chi connectivity index (χ0) is 12.3. The van der Waals surface area contributed by atoms with Gasteiger partial charge in [0.25, 0.3) is 0 Å². The molecule has 1 N–H and O–H groups in total. The Morgan fingerprint density at radius 1 is 1.47 bits per heavy atom. The molecule has 1 heterocycles. The van der Waals surface area contributed by atoms with Crippen LogP contribution >= 0.6 is 27.5 Å². The molecule has 5 nitrogen and oxygen atoms in total. The van der Waals surface area contributed by atoms with E-state index in [0.717, 1.165) is 22.5 Å². The number of aromatic nitrogens is 4. The van der Waals surface area contributed by atoms with Crippen molar-refractivity contribution in [2.45, 2.75) is 13.5 Å². The largest absolute Gasteiger partial charge is 0.310 e. The van der Waals surface area contributed by atoms with Crippen molar-refractivity contribution in [1.29, 1.82) is 0 Å². The summed E-state index contributed by atoms with van der Waals surface area (Å²) in [6, 6.07) is 5.59. The molecule has 1 aromatic heterocycles. The molecule has 2 aromatic rings. The fourth-order valence-corrected chi connectivity index (χ4v) is 1.79. The Bertz CT molecular complexity index is 513. The van der Waals surface area contributed by atoms with Crippen molar-refractivity contribution in [2.75, 3.05) is 6.54 Å². The van der Waals surface area contributed by atoms with Gasteiger partial charge in [0, 0.05) is 4.47 Å². The van der Waals surface area contributed by atoms with Crippen LogP contribution in [0.2, 0.25) is 5.02 Å². The molecule has 1 aromatic carbocycles. The predicted molar refractivity (Wildman–Crippen MR) is 69.2 cm³/mol. The SMILES string of the molecule is CCNCc1nnnn1-c1ccc(Br)c(Cl)c1. The van der Waals surface area contributed by atoms with E-state index in [1.807, 2.05) is 25.1 Å². The van der Waals surface area contributed by atoms with Gasteiger partial charge in [-0.25, -0.2) is 0 Å². The van der Waals surface area contributed by atoms with Crippen LogP contribution in [0.3, 0.4) is 0 Å². The molecule has 0 fully saturated rings. The summed E-state index contributed by atoms with van der Waals surface area (Å²) in [6.45, 7) is 3.52. The highest BCUT2D eigenvalue weighted by Crippen LogP contribution is 2.24. The number of halogens is 2. The Kier molecular flexibility index (Phi) is 4.09. The Labute approximate surface area is 112 Å². The van der Waals surface area contributed by atoms with Gasteiger partial charge in [-0.1, -0.05) is 18.5 Å². The number of benzene rings is 1. The Balaban J connectivity index is 2.32. The quantitative estimate of drug-likeness (QED) is 0.939. The van der Waals surface area contributed by atoms with Crippen LogP contribution in [-0.4, -0.2) is 26.8 Å². The summed E-state index contributed by atoms with van der Waals surface area (Å²) in [5.74, 6) is 0.755. The Morgan fingerprint density at radius 3 is 3.00 bits per heavy atom. The maximum Gasteiger partial charge on any atom is 0.170 e. The van der Waals surface area contributed by atoms with Crippen LogP contribution in [0.4, 0.5) is 0 Å². The van der Waals surface area contributed by atoms with E-state index >= 15 is 0 Å². The van der Waals surface area contributed by atoms with Crippen molar-refractivity contribution in [3.8, 4) is 5.69 Å². The summed E-state index contributed by atoms with van der Waals surface area (Å²) >= 11 is 9.39. The monoisotopic (exact) mass is 315 g/mol. The lowest BCUT2D eigenvalue weighted by molar-refractivity contribution is 0.664. The van der Waals surface area contributed by atoms with Gasteiger partial charge in [0.15, 0.2) is 5.82 Å². The highest BCUT2D eigenvalue weighted by atomic mass is 79.9. The van der Waals surface area contributed by atoms with Crippen LogP contribution in [0.25, 0.3) is 5.69 Å². The molecule has 90 valence electrons. The first-order valence-electron chi connectivity index (χ1n) is 5.15. The van der Waals surface area contributed by atoms with E-state index in [1.165, 1.54) is 0 Å². The van der Waals surface area contributed by atoms with Crippen LogP contribution in [0.1, 0.15) is 12.7 Å². The van der Waals surface area contributed by atoms with Gasteiger partial charge in [0.05, 0.1) is 17.3 Å². The van der Waals surface area contributed by atoms with Crippen molar-refractivity contribution in [3.63, 3.8) is 0 Å². The minimum Gasteiger partial charge on any atom is -0.310 e. The van der Waals surface area contributed by atoms with Gasteiger partial charge in [0.2, 0.25) is 0 Å². The van der Waals surface area contributed by atoms with Gasteiger partial charge >= 0.3 is 0 Å². The molecule has 2 rings (SSSR count). The van der Waals surface area contributed by atoms with Crippen molar-refractivity contribution in [3.05, 3.63) is 33.5 Å². The maximum absolute atomic E-state index is 6.04. The summed E-state index contributed by atoms with van der Waals surface area (Å²) in [7, 11) is 0. The molecule has 0 aliphatic carbocycles. The summed E-state index contributed by atoms with van der Waals surface area (Å²) in [5, 5.41) is 15.4. The van der Waals surface area contributed by atoms with Gasteiger partial charge in [-0.3, -0.25) is 0 Å². The molecule has 17 heavy (non-hydrogen) atoms. The van der Waals surface area contributed by atoms with Gasteiger partial charge < -0.3 is 5.32 Å². The van der Waals surface area contributed by atoms with Gasteiger partial charge in [-0.2, -0.15) is 4.68 Å². The van der Waals surface area contributed by atoms with Crippen LogP contribution in [0.5, 0.6) is 0 Å². The lowest BCUT2D eigenvalue weighted by atomic mass is 10.3. The number of tetrazole rings is 1. The third-order valence-corrected chi connectivity index (χ3v) is 3.45. The lowest BCUT2D eigenvalue weighted by Crippen LogP contribution is -2.16. The second-order valence-corrected chi connectivity index (χ2v) is 4.65. The molecule has 0 radical (unpaired) electrons. The topological polar surface area (TPSA) is 55.6 Å². The first-order chi connectivity index (χ1) is 8.22. The fraction of sp³-hybridized carbons (Fsp3) is 0.300. The van der Waals surface area contributed by atoms with Gasteiger partial charge in [0.1, 0.15) is 0 Å². The first-order valence-corrected chi connectivity index (χ1v) is 6.33. The van der Waals surface area contributed by atoms with Crippen LogP contribution in [-0.2, 0) is 6.54 Å². The molecule has 0 aliphatic heterocycles. The average molecular weight is 317 g/mol. The van der Waals surface area contributed by atoms with Crippen molar-refractivity contribution < 1.29 is 0 Å². The van der Waals surface area contributed by atoms with E-state index in [4.69, 9.17) is 11.6 Å². The number of nitrogens with one attached hydrogen (secondary N) is 1. The van der Waals surface area contributed by atoms with Crippen molar-refractivity contribution >= 4 is 27.5 Å². The van der Waals surface area contributed by atoms with E-state index in [9.17, 15) is 0 Å². The van der Waals surface area contributed by atoms with Crippen LogP contribution in [0.15, 0.2) is 22.7 Å². The molecular weight excluding hydrogens is 306 g/mol. The highest BCUT2D eigenvalue weighted by Gasteiger charge is 2.08. The van der Waals surface area contributed by atoms with E-state index < -0.39 is 0 Å². The van der Waals surface area contributed by atoms with Gasteiger partial charge in [-0.05, 0) is 51.1 Å². The summed E-state index contributed by atoms with van der Waals surface area (Å²) in [4.78, 5) is 0. The number of hydrogen-bond acceptors (Lipinski definition) is 4. The van der Waals surface area contributed by atoms with Crippen molar-refractivity contribution in [2.24, 2.45) is 0 Å². The molecule has 0 atom stereocenters. The molecule has 0 saturated carbocycles. The molecular formula is C10H11BrClN5. The van der Waals surface area contributed by atoms with Crippen LogP contribution in [0, 0.1) is 0 Å². The van der Waals surface area contributed by atoms with E-state index in [1.54, 1.807) is 4.68 Å². The summed E-state index contributed by atoms with van der Waals surface area (Å²) < 4.78 is 2.52. The second kappa shape index (κ2) is 5.57. The molecule has 0 unspecified atom stereocenters. The van der Waals surface area contributed by atoms with Crippen molar-refractivity contribution in [1.82, 2.24) is 25.5 Å². The van der Waals surface area contributed by atoms with Gasteiger partial charge in [-0.15, -0.1) is 5.10 Å². The minimum atomic E-state index is 0.622. The maximum atomic E-state index is 6.04. The Morgan fingerprint density at radius 2 is 2.29 bits per heavy atom. The smallest absolute Gasteiger partial charge is 0.170 e. The van der Waals surface area contributed by atoms with E-state index in [2.05, 4.69) is 36.8 Å². The number of hydrogen-bond donors (Lipinski definition) is 1. The van der Waals surface area contributed by atoms with E-state index in [0.29, 0.717) is 11.6 Å². The lowest BCUT2D eigenvalue weighted by Gasteiger charge is -2.05. The fourth-order valence-electron chi connectivity index (χ4n) is 1.37. The highest BCUT2D eigenvalue weighted by molar-refractivity contribution is 9.10. The summed E-state index contributed by atoms with van der Waals surface area (Å²) in [5.41, 5.74) is 0.844. The third kappa shape index (κ3) is 2.83. The number of nitrogens with zero attached hydrogens (tertiary/aromatic N) is 4. The molecule has 0 bridgehead atoms. The normalized spacial score (nSPS) is 10.8. The minimum absolute atomic E-state index is 0.622. The van der Waals surface area contributed by atoms with Crippen LogP contribution < -0.4 is 5.32 Å². The number of rotatable bonds is 4. The average Bonchev–Trinajstić information content (AvgIpc) is 2.78. The second-order valence-electron chi connectivity index (χ2n) is 3.39. The van der Waals surface area contributed by atoms with E-state index in [-0.39, 0.29) is 0 Å². The predicted octanol–water partition coefficient (Wildman–Crippen LogP) is 2.19. The molecule has 7 heteroatoms. The molecule has 0 amide bonds.